The highest BCUT2D eigenvalue weighted by Crippen LogP contribution is 2.29. The molecule has 2 saturated heterocycles. The minimum atomic E-state index is -0.143. The number of pyridine rings is 6. The number of rotatable bonds is 8. The number of methoxy groups -OCH3 is 2. The van der Waals surface area contributed by atoms with Crippen LogP contribution in [0.5, 0.6) is 5.88 Å². The normalized spacial score (nSPS) is 13.5. The molecule has 2 aliphatic rings. The Morgan fingerprint density at radius 3 is 1.18 bits per heavy atom. The van der Waals surface area contributed by atoms with Crippen LogP contribution in [-0.2, 0) is 68.4 Å². The SMILES string of the molecule is CC(C)(C)N1CCCCC1=O.CC(C)(C)N1CCCNC1=O.CC(C)(C)c1ccc[nH]c1=O.CC(C)(C)c1cccn(CCO)c1=O.CCCn1cccc(C(C)(C)C)c1=O.CCn1cccc(C(C)(C)C)c1=O.COCn1cccc(C(C)(C)C)c1=O.COc1ncccc1C(C)(C)C. The summed E-state index contributed by atoms with van der Waals surface area (Å²) in [6, 6.07) is 22.9. The smallest absolute Gasteiger partial charge is 0.317 e. The summed E-state index contributed by atoms with van der Waals surface area (Å²) in [7, 11) is 3.23. The molecule has 0 aliphatic carbocycles. The van der Waals surface area contributed by atoms with Crippen molar-refractivity contribution < 1.29 is 24.2 Å². The topological polar surface area (TPSA) is 225 Å². The molecular formula is C81H131N9O10. The molecule has 6 aromatic rings. The molecule has 0 unspecified atom stereocenters. The lowest BCUT2D eigenvalue weighted by Gasteiger charge is -2.38. The summed E-state index contributed by atoms with van der Waals surface area (Å²) in [4.78, 5) is 92.0. The van der Waals surface area contributed by atoms with Crippen LogP contribution in [0, 0.1) is 0 Å². The number of aryl methyl sites for hydroxylation is 2. The monoisotopic (exact) mass is 1390 g/mol. The average molecular weight is 1390 g/mol. The minimum Gasteiger partial charge on any atom is -0.481 e. The van der Waals surface area contributed by atoms with E-state index >= 15 is 0 Å². The maximum Gasteiger partial charge on any atom is 0.317 e. The molecule has 0 spiro atoms. The zero-order valence-corrected chi connectivity index (χ0v) is 66.8. The number of H-pyrrole nitrogens is 1. The summed E-state index contributed by atoms with van der Waals surface area (Å²) >= 11 is 0. The molecule has 2 aliphatic heterocycles. The maximum atomic E-state index is 12.0. The lowest BCUT2D eigenvalue weighted by Crippen LogP contribution is -2.54. The van der Waals surface area contributed by atoms with Gasteiger partial charge in [0.05, 0.1) is 13.7 Å². The van der Waals surface area contributed by atoms with Gasteiger partial charge in [0.1, 0.15) is 6.73 Å². The van der Waals surface area contributed by atoms with E-state index in [1.54, 1.807) is 57.3 Å². The van der Waals surface area contributed by atoms with Crippen molar-refractivity contribution in [1.82, 2.24) is 43.4 Å². The molecule has 19 heteroatoms. The van der Waals surface area contributed by atoms with Gasteiger partial charge in [-0.25, -0.2) is 9.78 Å². The Labute approximate surface area is 600 Å². The summed E-state index contributed by atoms with van der Waals surface area (Å²) < 4.78 is 16.7. The van der Waals surface area contributed by atoms with Crippen molar-refractivity contribution in [2.75, 3.05) is 40.5 Å². The molecule has 19 nitrogen and oxygen atoms in total. The van der Waals surface area contributed by atoms with Crippen molar-refractivity contribution in [1.29, 1.82) is 0 Å². The number of aliphatic hydroxyl groups excluding tert-OH is 1. The predicted molar refractivity (Wildman–Crippen MR) is 413 cm³/mol. The Hall–Kier alpha value is -7.64. The number of aromatic nitrogens is 6. The van der Waals surface area contributed by atoms with E-state index in [4.69, 9.17) is 14.6 Å². The van der Waals surface area contributed by atoms with E-state index in [1.165, 1.54) is 6.42 Å². The second-order valence-corrected chi connectivity index (χ2v) is 33.2. The summed E-state index contributed by atoms with van der Waals surface area (Å²) in [5, 5.41) is 11.6. The number of ether oxygens (including phenoxy) is 2. The molecule has 100 heavy (non-hydrogen) atoms. The minimum absolute atomic E-state index is 0.00551. The molecule has 2 fully saturated rings. The molecule has 3 N–H and O–H groups in total. The Morgan fingerprint density at radius 1 is 0.460 bits per heavy atom. The number of nitrogens with one attached hydrogen (secondary N) is 2. The summed E-state index contributed by atoms with van der Waals surface area (Å²) in [5.41, 5.74) is 5.33. The molecule has 8 heterocycles. The van der Waals surface area contributed by atoms with E-state index in [0.29, 0.717) is 19.2 Å². The third-order valence-electron chi connectivity index (χ3n) is 16.1. The fraction of sp³-hybridized carbons (Fsp3) is 0.605. The molecule has 560 valence electrons. The molecule has 0 saturated carbocycles. The highest BCUT2D eigenvalue weighted by atomic mass is 16.5. The van der Waals surface area contributed by atoms with E-state index in [0.717, 1.165) is 97.7 Å². The van der Waals surface area contributed by atoms with Gasteiger partial charge in [0.25, 0.3) is 27.8 Å². The van der Waals surface area contributed by atoms with Crippen molar-refractivity contribution in [3.05, 3.63) is 195 Å². The summed E-state index contributed by atoms with van der Waals surface area (Å²) in [6.45, 7) is 58.4. The van der Waals surface area contributed by atoms with Gasteiger partial charge < -0.3 is 48.4 Å². The standard InChI is InChI=1S/C12H19NO.2C11H17NO2.C11H17NO.C10H15NO.C9H13NO.C9H17NO.C8H16N2O/c1-5-8-13-9-6-7-10(11(13)14)12(2,3)4;1-11(2,3)9-6-5-7-12(8-14-4)10(9)13;1-11(2,3)9-5-4-6-12(7-8-13)10(9)14;1-5-12-8-6-7-9(10(12)13)11(2,3)4;1-10(2,3)8-6-5-7-11-9(8)12-4;1-9(2,3)7-5-4-6-10-8(7)11;1-9(2,3)10-7-5-4-6-8(10)11;1-8(2,3)10-6-4-5-9-7(10)11/h6-7,9H,5,8H2,1-4H3;5-7H,8H2,1-4H3;4-6,13H,7-8H2,1-3H3;6-8H,5H2,1-4H3;5-7H,1-4H3;4-6H,1-3H3,(H,10,11);4-7H2,1-3H3;4-6H2,1-3H3,(H,9,11). The number of aromatic amines is 1. The number of likely N-dealkylation sites (tertiary alicyclic amines) is 1. The van der Waals surface area contributed by atoms with Crippen LogP contribution in [0.4, 0.5) is 4.79 Å². The molecule has 8 rings (SSSR count). The third kappa shape index (κ3) is 30.7. The Balaban J connectivity index is 0.000000572. The highest BCUT2D eigenvalue weighted by Gasteiger charge is 2.30. The van der Waals surface area contributed by atoms with Crippen LogP contribution in [0.3, 0.4) is 0 Å². The Bertz CT molecular complexity index is 3530. The number of piperidine rings is 1. The van der Waals surface area contributed by atoms with Crippen LogP contribution < -0.4 is 37.8 Å². The van der Waals surface area contributed by atoms with Crippen LogP contribution in [0.1, 0.15) is 246 Å². The predicted octanol–water partition coefficient (Wildman–Crippen LogP) is 14.7. The Morgan fingerprint density at radius 2 is 0.850 bits per heavy atom. The van der Waals surface area contributed by atoms with Crippen molar-refractivity contribution >= 4 is 11.9 Å². The van der Waals surface area contributed by atoms with Gasteiger partial charge in [-0.1, -0.05) is 168 Å². The summed E-state index contributed by atoms with van der Waals surface area (Å²) in [5.74, 6) is 1.05. The number of hydrogen-bond acceptors (Lipinski definition) is 11. The largest absolute Gasteiger partial charge is 0.481 e. The van der Waals surface area contributed by atoms with Gasteiger partial charge in [0.2, 0.25) is 11.8 Å². The van der Waals surface area contributed by atoms with Gasteiger partial charge in [-0.2, -0.15) is 0 Å². The molecular weight excluding hydrogens is 1260 g/mol. The first-order valence-corrected chi connectivity index (χ1v) is 35.4. The van der Waals surface area contributed by atoms with E-state index in [2.05, 4.69) is 126 Å². The zero-order valence-electron chi connectivity index (χ0n) is 66.8. The quantitative estimate of drug-likeness (QED) is 0.130. The van der Waals surface area contributed by atoms with Gasteiger partial charge in [-0.15, -0.1) is 0 Å². The third-order valence-corrected chi connectivity index (χ3v) is 16.1. The first-order chi connectivity index (χ1) is 46.0. The van der Waals surface area contributed by atoms with Gasteiger partial charge >= 0.3 is 6.03 Å². The lowest BCUT2D eigenvalue weighted by molar-refractivity contribution is -0.138. The van der Waals surface area contributed by atoms with Crippen molar-refractivity contribution in [3.63, 3.8) is 0 Å². The van der Waals surface area contributed by atoms with E-state index < -0.39 is 0 Å². The fourth-order valence-corrected chi connectivity index (χ4v) is 10.5. The summed E-state index contributed by atoms with van der Waals surface area (Å²) in [6.07, 6.45) is 15.6. The Kier molecular flexibility index (Phi) is 36.3. The number of carbonyl (C=O) groups is 2. The van der Waals surface area contributed by atoms with Crippen molar-refractivity contribution in [3.8, 4) is 5.88 Å². The van der Waals surface area contributed by atoms with Crippen LogP contribution in [-0.4, -0.2) is 107 Å². The van der Waals surface area contributed by atoms with Crippen LogP contribution in [0.2, 0.25) is 0 Å². The van der Waals surface area contributed by atoms with Crippen LogP contribution in [0.15, 0.2) is 134 Å². The zero-order chi connectivity index (χ0) is 77.0. The van der Waals surface area contributed by atoms with Gasteiger partial charge in [-0.05, 0) is 143 Å². The van der Waals surface area contributed by atoms with Gasteiger partial charge in [0.15, 0.2) is 0 Å². The van der Waals surface area contributed by atoms with Crippen LogP contribution in [0.25, 0.3) is 0 Å². The second kappa shape index (κ2) is 40.1. The van der Waals surface area contributed by atoms with E-state index in [1.807, 2.05) is 164 Å². The average Bonchev–Trinajstić information content (AvgIpc) is 0.832. The van der Waals surface area contributed by atoms with E-state index in [9.17, 15) is 33.6 Å². The molecule has 0 radical (unpaired) electrons. The number of carbonyl (C=O) groups excluding carboxylic acids is 2. The van der Waals surface area contributed by atoms with Crippen molar-refractivity contribution in [2.24, 2.45) is 0 Å². The lowest BCUT2D eigenvalue weighted by atomic mass is 9.88. The van der Waals surface area contributed by atoms with Crippen molar-refractivity contribution in [2.45, 2.75) is 282 Å². The molecule has 0 bridgehead atoms. The number of nitrogens with zero attached hydrogens (tertiary/aromatic N) is 7. The molecule has 6 aromatic heterocycles. The second-order valence-electron chi connectivity index (χ2n) is 33.2. The number of urea groups is 1. The number of hydrogen-bond donors (Lipinski definition) is 3. The molecule has 0 atom stereocenters. The molecule has 3 amide bonds. The highest BCUT2D eigenvalue weighted by molar-refractivity contribution is 5.77. The molecule has 0 aromatic carbocycles. The van der Waals surface area contributed by atoms with Gasteiger partial charge in [-0.3, -0.25) is 33.3 Å². The first-order valence-electron chi connectivity index (χ1n) is 35.4. The van der Waals surface area contributed by atoms with Gasteiger partial charge in [0, 0.05) is 134 Å². The maximum absolute atomic E-state index is 12.0. The number of aliphatic hydroxyl groups is 1. The number of amides is 3. The fourth-order valence-electron chi connectivity index (χ4n) is 10.5. The first kappa shape index (κ1) is 90.4. The van der Waals surface area contributed by atoms with Crippen LogP contribution >= 0.6 is 0 Å². The van der Waals surface area contributed by atoms with E-state index in [-0.39, 0.29) is 84.0 Å².